The molecule has 2 aromatic carbocycles. The van der Waals surface area contributed by atoms with Crippen LogP contribution in [0.4, 0.5) is 5.69 Å². The van der Waals surface area contributed by atoms with E-state index in [1.54, 1.807) is 37.3 Å². The highest BCUT2D eigenvalue weighted by molar-refractivity contribution is 7.89. The maximum Gasteiger partial charge on any atom is 0.244 e. The second kappa shape index (κ2) is 8.53. The molecule has 0 aliphatic carbocycles. The van der Waals surface area contributed by atoms with Crippen LogP contribution in [0.3, 0.4) is 0 Å². The fourth-order valence-electron chi connectivity index (χ4n) is 2.48. The minimum absolute atomic E-state index is 0.0782. The van der Waals surface area contributed by atoms with Crippen molar-refractivity contribution in [2.75, 3.05) is 32.1 Å². The zero-order valence-electron chi connectivity index (χ0n) is 15.6. The van der Waals surface area contributed by atoms with Crippen molar-refractivity contribution in [2.24, 2.45) is 0 Å². The van der Waals surface area contributed by atoms with Gasteiger partial charge < -0.3 is 14.7 Å². The van der Waals surface area contributed by atoms with E-state index in [9.17, 15) is 13.5 Å². The summed E-state index contributed by atoms with van der Waals surface area (Å²) in [6.45, 7) is 3.86. The number of aliphatic hydroxyl groups is 1. The van der Waals surface area contributed by atoms with Crippen molar-refractivity contribution >= 4 is 15.7 Å². The van der Waals surface area contributed by atoms with Gasteiger partial charge in [-0.3, -0.25) is 0 Å². The molecule has 1 unspecified atom stereocenters. The molecule has 0 spiro atoms. The number of sulfonamides is 1. The number of nitrogens with one attached hydrogen (secondary N) is 1. The van der Waals surface area contributed by atoms with Gasteiger partial charge in [-0.05, 0) is 49.2 Å². The number of anilines is 1. The van der Waals surface area contributed by atoms with E-state index in [0.717, 1.165) is 11.3 Å². The van der Waals surface area contributed by atoms with E-state index in [1.165, 1.54) is 0 Å². The molecule has 2 N–H and O–H groups in total. The normalized spacial score (nSPS) is 12.7. The molecule has 0 amide bonds. The summed E-state index contributed by atoms with van der Waals surface area (Å²) in [5.41, 5.74) is 2.46. The zero-order valence-corrected chi connectivity index (χ0v) is 16.4. The molecule has 0 aliphatic rings. The van der Waals surface area contributed by atoms with Crippen LogP contribution in [0, 0.1) is 6.92 Å². The molecule has 0 saturated carbocycles. The molecule has 0 bridgehead atoms. The third-order valence-electron chi connectivity index (χ3n) is 3.95. The quantitative estimate of drug-likeness (QED) is 0.738. The Bertz CT molecular complexity index is 833. The highest BCUT2D eigenvalue weighted by Gasteiger charge is 2.21. The lowest BCUT2D eigenvalue weighted by atomic mass is 10.1. The van der Waals surface area contributed by atoms with Crippen molar-refractivity contribution < 1.29 is 18.3 Å². The topological polar surface area (TPSA) is 78.9 Å². The molecule has 0 radical (unpaired) electrons. The van der Waals surface area contributed by atoms with Crippen molar-refractivity contribution in [3.05, 3.63) is 53.6 Å². The van der Waals surface area contributed by atoms with Gasteiger partial charge in [0.05, 0.1) is 12.7 Å². The molecule has 0 aromatic heterocycles. The van der Waals surface area contributed by atoms with Crippen LogP contribution >= 0.6 is 0 Å². The van der Waals surface area contributed by atoms with Crippen LogP contribution in [0.15, 0.2) is 47.4 Å². The predicted octanol–water partition coefficient (Wildman–Crippen LogP) is 2.47. The second-order valence-corrected chi connectivity index (χ2v) is 7.97. The van der Waals surface area contributed by atoms with Crippen molar-refractivity contribution in [2.45, 2.75) is 24.8 Å². The van der Waals surface area contributed by atoms with E-state index >= 15 is 0 Å². The summed E-state index contributed by atoms with van der Waals surface area (Å²) in [7, 11) is 0.0524. The third-order valence-corrected chi connectivity index (χ3v) is 5.39. The number of hydrogen-bond donors (Lipinski definition) is 2. The number of ether oxygens (including phenoxy) is 1. The first-order valence-electron chi connectivity index (χ1n) is 8.43. The van der Waals surface area contributed by atoms with Crippen LogP contribution in [-0.4, -0.2) is 40.8 Å². The molecular formula is C19H26N2O4S. The van der Waals surface area contributed by atoms with Gasteiger partial charge in [0.2, 0.25) is 10.0 Å². The molecule has 0 saturated heterocycles. The Hall–Kier alpha value is -2.09. The Kier molecular flexibility index (Phi) is 6.63. The Morgan fingerprint density at radius 2 is 1.81 bits per heavy atom. The fraction of sp³-hybridized carbons (Fsp3) is 0.368. The van der Waals surface area contributed by atoms with Gasteiger partial charge in [0.1, 0.15) is 10.6 Å². The van der Waals surface area contributed by atoms with Gasteiger partial charge in [-0.1, -0.05) is 18.2 Å². The molecule has 26 heavy (non-hydrogen) atoms. The molecule has 142 valence electrons. The van der Waals surface area contributed by atoms with Crippen LogP contribution < -0.4 is 14.4 Å². The monoisotopic (exact) mass is 378 g/mol. The largest absolute Gasteiger partial charge is 0.492 e. The molecule has 1 atom stereocenters. The van der Waals surface area contributed by atoms with E-state index in [4.69, 9.17) is 4.74 Å². The highest BCUT2D eigenvalue weighted by Crippen LogP contribution is 2.25. The van der Waals surface area contributed by atoms with Gasteiger partial charge in [0.15, 0.2) is 0 Å². The Balaban J connectivity index is 2.13. The number of nitrogens with zero attached hydrogens (tertiary/aromatic N) is 1. The summed E-state index contributed by atoms with van der Waals surface area (Å²) in [6, 6.07) is 12.3. The van der Waals surface area contributed by atoms with Crippen LogP contribution in [0.2, 0.25) is 0 Å². The average Bonchev–Trinajstić information content (AvgIpc) is 2.61. The first-order valence-corrected chi connectivity index (χ1v) is 9.91. The van der Waals surface area contributed by atoms with Crippen LogP contribution in [-0.2, 0) is 10.0 Å². The summed E-state index contributed by atoms with van der Waals surface area (Å²) >= 11 is 0. The Morgan fingerprint density at radius 1 is 1.15 bits per heavy atom. The summed E-state index contributed by atoms with van der Waals surface area (Å²) in [6.07, 6.45) is -0.943. The maximum absolute atomic E-state index is 12.7. The van der Waals surface area contributed by atoms with E-state index in [0.29, 0.717) is 17.9 Å². The molecule has 0 heterocycles. The summed E-state index contributed by atoms with van der Waals surface area (Å²) in [5.74, 6) is 0.301. The molecule has 6 nitrogen and oxygen atoms in total. The lowest BCUT2D eigenvalue weighted by Crippen LogP contribution is -2.29. The van der Waals surface area contributed by atoms with E-state index in [-0.39, 0.29) is 11.4 Å². The van der Waals surface area contributed by atoms with Crippen LogP contribution in [0.1, 0.15) is 24.2 Å². The fourth-order valence-corrected chi connectivity index (χ4v) is 3.74. The lowest BCUT2D eigenvalue weighted by Gasteiger charge is -2.17. The van der Waals surface area contributed by atoms with E-state index in [1.807, 2.05) is 38.1 Å². The van der Waals surface area contributed by atoms with Crippen LogP contribution in [0.5, 0.6) is 5.75 Å². The molecular weight excluding hydrogens is 352 g/mol. The van der Waals surface area contributed by atoms with Gasteiger partial charge in [-0.2, -0.15) is 0 Å². The van der Waals surface area contributed by atoms with Crippen molar-refractivity contribution in [1.29, 1.82) is 0 Å². The molecule has 2 aromatic rings. The summed E-state index contributed by atoms with van der Waals surface area (Å²) in [5, 5.41) is 10.3. The number of hydrogen-bond acceptors (Lipinski definition) is 5. The van der Waals surface area contributed by atoms with E-state index < -0.39 is 16.1 Å². The van der Waals surface area contributed by atoms with E-state index in [2.05, 4.69) is 4.72 Å². The SMILES string of the molecule is CCOc1ccc(C)cc1S(=O)(=O)NCC(O)c1ccc(N(C)C)cc1. The van der Waals surface area contributed by atoms with Crippen molar-refractivity contribution in [1.82, 2.24) is 4.72 Å². The molecule has 7 heteroatoms. The number of benzene rings is 2. The third kappa shape index (κ3) is 4.97. The number of aryl methyl sites for hydroxylation is 1. The van der Waals surface area contributed by atoms with Crippen molar-refractivity contribution in [3.63, 3.8) is 0 Å². The van der Waals surface area contributed by atoms with Gasteiger partial charge in [0, 0.05) is 26.3 Å². The first kappa shape index (κ1) is 20.2. The van der Waals surface area contributed by atoms with Gasteiger partial charge >= 0.3 is 0 Å². The predicted molar refractivity (Wildman–Crippen MR) is 103 cm³/mol. The standard InChI is InChI=1S/C19H26N2O4S/c1-5-25-18-11-6-14(2)12-19(18)26(23,24)20-13-17(22)15-7-9-16(10-8-15)21(3)4/h6-12,17,20,22H,5,13H2,1-4H3. The maximum atomic E-state index is 12.7. The van der Waals surface area contributed by atoms with Gasteiger partial charge in [-0.25, -0.2) is 13.1 Å². The number of aliphatic hydroxyl groups excluding tert-OH is 1. The average molecular weight is 378 g/mol. The van der Waals surface area contributed by atoms with Crippen molar-refractivity contribution in [3.8, 4) is 5.75 Å². The highest BCUT2D eigenvalue weighted by atomic mass is 32.2. The second-order valence-electron chi connectivity index (χ2n) is 6.24. The molecule has 2 rings (SSSR count). The summed E-state index contributed by atoms with van der Waals surface area (Å²) < 4.78 is 33.2. The Labute approximate surface area is 155 Å². The minimum atomic E-state index is -3.80. The minimum Gasteiger partial charge on any atom is -0.492 e. The number of rotatable bonds is 8. The van der Waals surface area contributed by atoms with Gasteiger partial charge in [0.25, 0.3) is 0 Å². The van der Waals surface area contributed by atoms with Gasteiger partial charge in [-0.15, -0.1) is 0 Å². The lowest BCUT2D eigenvalue weighted by molar-refractivity contribution is 0.182. The zero-order chi connectivity index (χ0) is 19.3. The molecule has 0 aliphatic heterocycles. The first-order chi connectivity index (χ1) is 12.2. The van der Waals surface area contributed by atoms with Crippen LogP contribution in [0.25, 0.3) is 0 Å². The summed E-state index contributed by atoms with van der Waals surface area (Å²) in [4.78, 5) is 2.03. The Morgan fingerprint density at radius 3 is 2.38 bits per heavy atom. The molecule has 0 fully saturated rings. The smallest absolute Gasteiger partial charge is 0.244 e.